The van der Waals surface area contributed by atoms with E-state index < -0.39 is 6.09 Å². The smallest absolute Gasteiger partial charge is 0.413 e. The molecule has 1 aliphatic rings. The van der Waals surface area contributed by atoms with Crippen LogP contribution in [0.4, 0.5) is 4.79 Å². The van der Waals surface area contributed by atoms with Gasteiger partial charge in [-0.2, -0.15) is 0 Å². The molecule has 14 heavy (non-hydrogen) atoms. The molecule has 0 atom stereocenters. The van der Waals surface area contributed by atoms with E-state index in [1.165, 1.54) is 0 Å². The Kier molecular flexibility index (Phi) is 4.13. The summed E-state index contributed by atoms with van der Waals surface area (Å²) in [5.74, 6) is 0.339. The number of amides is 1. The molecule has 0 spiro atoms. The molecule has 1 saturated carbocycles. The van der Waals surface area contributed by atoms with Crippen LogP contribution in [-0.2, 0) is 4.74 Å². The van der Waals surface area contributed by atoms with Crippen molar-refractivity contribution in [2.75, 3.05) is 6.61 Å². The highest BCUT2D eigenvalue weighted by molar-refractivity contribution is 7.80. The summed E-state index contributed by atoms with van der Waals surface area (Å²) in [6.07, 6.45) is 1.78. The van der Waals surface area contributed by atoms with Crippen LogP contribution in [0.15, 0.2) is 0 Å². The van der Waals surface area contributed by atoms with Crippen molar-refractivity contribution in [3.05, 3.63) is 0 Å². The maximum absolute atomic E-state index is 11.1. The van der Waals surface area contributed by atoms with Crippen LogP contribution in [0.5, 0.6) is 0 Å². The second kappa shape index (κ2) is 5.14. The van der Waals surface area contributed by atoms with Gasteiger partial charge in [0.25, 0.3) is 0 Å². The summed E-state index contributed by atoms with van der Waals surface area (Å²) in [6.45, 7) is 4.37. The third-order valence-electron chi connectivity index (χ3n) is 1.68. The van der Waals surface area contributed by atoms with E-state index in [0.717, 1.165) is 12.8 Å². The van der Waals surface area contributed by atoms with Crippen molar-refractivity contribution in [1.82, 2.24) is 10.6 Å². The van der Waals surface area contributed by atoms with E-state index in [4.69, 9.17) is 17.0 Å². The Hall–Kier alpha value is -0.840. The standard InChI is InChI=1S/C9H16N2O2S/c1-6(2)5-13-9(12)11-8(14)10-7-3-4-7/h6-7H,3-5H2,1-2H3,(H2,10,11,12,14). The van der Waals surface area contributed by atoms with E-state index in [9.17, 15) is 4.79 Å². The van der Waals surface area contributed by atoms with Gasteiger partial charge in [0.2, 0.25) is 0 Å². The summed E-state index contributed by atoms with van der Waals surface area (Å²) >= 11 is 4.90. The van der Waals surface area contributed by atoms with Gasteiger partial charge in [-0.15, -0.1) is 0 Å². The molecule has 5 heteroatoms. The van der Waals surface area contributed by atoms with Crippen LogP contribution in [0.3, 0.4) is 0 Å². The lowest BCUT2D eigenvalue weighted by atomic mass is 10.2. The number of hydrogen-bond donors (Lipinski definition) is 2. The van der Waals surface area contributed by atoms with Crippen molar-refractivity contribution in [1.29, 1.82) is 0 Å². The second-order valence-corrected chi connectivity index (χ2v) is 4.27. The largest absolute Gasteiger partial charge is 0.449 e. The van der Waals surface area contributed by atoms with Crippen molar-refractivity contribution in [3.63, 3.8) is 0 Å². The summed E-state index contributed by atoms with van der Waals surface area (Å²) in [7, 11) is 0. The summed E-state index contributed by atoms with van der Waals surface area (Å²) in [5, 5.41) is 5.82. The Morgan fingerprint density at radius 2 is 2.21 bits per heavy atom. The van der Waals surface area contributed by atoms with Crippen molar-refractivity contribution >= 4 is 23.4 Å². The van der Waals surface area contributed by atoms with Gasteiger partial charge in [0.1, 0.15) is 0 Å². The molecule has 1 rings (SSSR count). The van der Waals surface area contributed by atoms with Gasteiger partial charge in [0.05, 0.1) is 6.61 Å². The first kappa shape index (κ1) is 11.2. The number of alkyl carbamates (subject to hydrolysis) is 1. The minimum Gasteiger partial charge on any atom is -0.449 e. The van der Waals surface area contributed by atoms with E-state index in [1.807, 2.05) is 13.8 Å². The van der Waals surface area contributed by atoms with E-state index in [-0.39, 0.29) is 0 Å². The van der Waals surface area contributed by atoms with Crippen molar-refractivity contribution in [2.45, 2.75) is 32.7 Å². The quantitative estimate of drug-likeness (QED) is 0.700. The van der Waals surface area contributed by atoms with Gasteiger partial charge in [-0.05, 0) is 31.0 Å². The summed E-state index contributed by atoms with van der Waals surface area (Å²) in [4.78, 5) is 11.1. The molecule has 4 nitrogen and oxygen atoms in total. The lowest BCUT2D eigenvalue weighted by Crippen LogP contribution is -2.40. The normalized spacial score (nSPS) is 15.1. The highest BCUT2D eigenvalue weighted by Crippen LogP contribution is 2.18. The van der Waals surface area contributed by atoms with Crippen LogP contribution >= 0.6 is 12.2 Å². The molecular formula is C9H16N2O2S. The van der Waals surface area contributed by atoms with Gasteiger partial charge in [0.15, 0.2) is 5.11 Å². The number of nitrogens with one attached hydrogen (secondary N) is 2. The molecule has 0 heterocycles. The van der Waals surface area contributed by atoms with E-state index in [0.29, 0.717) is 23.7 Å². The Balaban J connectivity index is 2.08. The van der Waals surface area contributed by atoms with E-state index in [1.54, 1.807) is 0 Å². The Morgan fingerprint density at radius 1 is 1.57 bits per heavy atom. The monoisotopic (exact) mass is 216 g/mol. The van der Waals surface area contributed by atoms with E-state index in [2.05, 4.69) is 10.6 Å². The molecule has 2 N–H and O–H groups in total. The first-order valence-electron chi connectivity index (χ1n) is 4.82. The molecule has 0 aromatic heterocycles. The number of carbonyl (C=O) groups excluding carboxylic acids is 1. The Bertz CT molecular complexity index is 227. The summed E-state index contributed by atoms with van der Waals surface area (Å²) in [6, 6.07) is 0.452. The molecule has 0 aromatic rings. The lowest BCUT2D eigenvalue weighted by Gasteiger charge is -2.10. The fourth-order valence-electron chi connectivity index (χ4n) is 0.820. The Morgan fingerprint density at radius 3 is 2.71 bits per heavy atom. The first-order valence-corrected chi connectivity index (χ1v) is 5.23. The maximum Gasteiger partial charge on any atom is 0.413 e. The molecule has 0 bridgehead atoms. The molecular weight excluding hydrogens is 200 g/mol. The average molecular weight is 216 g/mol. The molecule has 80 valence electrons. The van der Waals surface area contributed by atoms with Crippen molar-refractivity contribution in [3.8, 4) is 0 Å². The third kappa shape index (κ3) is 5.01. The second-order valence-electron chi connectivity index (χ2n) is 3.87. The number of hydrogen-bond acceptors (Lipinski definition) is 3. The van der Waals surface area contributed by atoms with Crippen LogP contribution in [0, 0.1) is 5.92 Å². The van der Waals surface area contributed by atoms with Gasteiger partial charge >= 0.3 is 6.09 Å². The van der Waals surface area contributed by atoms with Crippen LogP contribution in [0.1, 0.15) is 26.7 Å². The predicted molar refractivity (Wildman–Crippen MR) is 58.1 cm³/mol. The molecule has 0 radical (unpaired) electrons. The predicted octanol–water partition coefficient (Wildman–Crippen LogP) is 1.41. The lowest BCUT2D eigenvalue weighted by molar-refractivity contribution is 0.138. The number of thiocarbonyl (C=S) groups is 1. The van der Waals surface area contributed by atoms with Gasteiger partial charge in [-0.3, -0.25) is 5.32 Å². The fraction of sp³-hybridized carbons (Fsp3) is 0.778. The molecule has 1 aliphatic carbocycles. The van der Waals surface area contributed by atoms with Crippen LogP contribution < -0.4 is 10.6 Å². The Labute approximate surface area is 89.4 Å². The summed E-state index contributed by atoms with van der Waals surface area (Å²) < 4.78 is 4.90. The van der Waals surface area contributed by atoms with E-state index >= 15 is 0 Å². The maximum atomic E-state index is 11.1. The zero-order valence-electron chi connectivity index (χ0n) is 8.50. The fourth-order valence-corrected chi connectivity index (χ4v) is 1.07. The summed E-state index contributed by atoms with van der Waals surface area (Å²) in [5.41, 5.74) is 0. The molecule has 0 saturated heterocycles. The number of ether oxygens (including phenoxy) is 1. The minimum absolute atomic E-state index is 0.339. The van der Waals surface area contributed by atoms with Crippen molar-refractivity contribution < 1.29 is 9.53 Å². The van der Waals surface area contributed by atoms with Crippen LogP contribution in [0.25, 0.3) is 0 Å². The molecule has 1 amide bonds. The number of carbonyl (C=O) groups is 1. The topological polar surface area (TPSA) is 50.4 Å². The zero-order valence-corrected chi connectivity index (χ0v) is 9.32. The molecule has 0 unspecified atom stereocenters. The van der Waals surface area contributed by atoms with Crippen molar-refractivity contribution in [2.24, 2.45) is 5.92 Å². The zero-order chi connectivity index (χ0) is 10.6. The van der Waals surface area contributed by atoms with Gasteiger partial charge in [0, 0.05) is 6.04 Å². The average Bonchev–Trinajstić information content (AvgIpc) is 2.84. The number of rotatable bonds is 3. The highest BCUT2D eigenvalue weighted by Gasteiger charge is 2.22. The highest BCUT2D eigenvalue weighted by atomic mass is 32.1. The molecule has 0 aliphatic heterocycles. The van der Waals surface area contributed by atoms with Gasteiger partial charge in [-0.1, -0.05) is 13.8 Å². The first-order chi connectivity index (χ1) is 6.58. The van der Waals surface area contributed by atoms with Crippen LogP contribution in [0.2, 0.25) is 0 Å². The van der Waals surface area contributed by atoms with Crippen LogP contribution in [-0.4, -0.2) is 23.9 Å². The third-order valence-corrected chi connectivity index (χ3v) is 1.90. The SMILES string of the molecule is CC(C)COC(=O)NC(=S)NC1CC1. The molecule has 1 fully saturated rings. The molecule has 0 aromatic carbocycles. The van der Waals surface area contributed by atoms with Gasteiger partial charge in [-0.25, -0.2) is 4.79 Å². The minimum atomic E-state index is -0.475. The van der Waals surface area contributed by atoms with Gasteiger partial charge < -0.3 is 10.1 Å².